The molecule has 0 aromatic heterocycles. The number of nitrogens with zero attached hydrogens (tertiary/aromatic N) is 2. The number of hydrogen-bond donors (Lipinski definition) is 1. The van der Waals surface area contributed by atoms with Crippen molar-refractivity contribution in [1.82, 2.24) is 9.80 Å². The summed E-state index contributed by atoms with van der Waals surface area (Å²) in [6.07, 6.45) is 1.21. The minimum absolute atomic E-state index is 0.111. The van der Waals surface area contributed by atoms with Crippen LogP contribution in [-0.2, 0) is 4.79 Å². The molecule has 2 unspecified atom stereocenters. The zero-order chi connectivity index (χ0) is 17.8. The van der Waals surface area contributed by atoms with Crippen molar-refractivity contribution in [3.8, 4) is 5.75 Å². The number of likely N-dealkylation sites (N-methyl/N-ethyl adjacent to an activating group) is 1. The monoisotopic (exact) mass is 342 g/mol. The molecule has 134 valence electrons. The molecule has 0 aliphatic carbocycles. The average Bonchev–Trinajstić information content (AvgIpc) is 3.07. The molecule has 5 nitrogen and oxygen atoms in total. The zero-order valence-electron chi connectivity index (χ0n) is 14.9. The summed E-state index contributed by atoms with van der Waals surface area (Å²) in [6.45, 7) is 1.51. The summed E-state index contributed by atoms with van der Waals surface area (Å²) in [5.41, 5.74) is 0. The Balaban J connectivity index is 1.59. The van der Waals surface area contributed by atoms with E-state index in [1.165, 1.54) is 0 Å². The molecule has 0 spiro atoms. The molecule has 2 aromatic carbocycles. The molecule has 0 saturated carbocycles. The lowest BCUT2D eigenvalue weighted by Crippen LogP contribution is -2.46. The van der Waals surface area contributed by atoms with Gasteiger partial charge < -0.3 is 14.7 Å². The first-order valence-electron chi connectivity index (χ1n) is 8.80. The van der Waals surface area contributed by atoms with Gasteiger partial charge in [0.25, 0.3) is 0 Å². The predicted molar refractivity (Wildman–Crippen MR) is 98.7 cm³/mol. The summed E-state index contributed by atoms with van der Waals surface area (Å²) >= 11 is 0. The van der Waals surface area contributed by atoms with E-state index in [4.69, 9.17) is 4.74 Å². The Kier molecular flexibility index (Phi) is 5.56. The number of β-amino-alcohol motifs (C(OH)–C–C–N with tert-alkyl or cyclic N) is 1. The number of likely N-dealkylation sites (tertiary alicyclic amines) is 1. The van der Waals surface area contributed by atoms with Gasteiger partial charge in [0.15, 0.2) is 0 Å². The van der Waals surface area contributed by atoms with Gasteiger partial charge in [0.05, 0.1) is 6.04 Å². The Labute approximate surface area is 148 Å². The average molecular weight is 342 g/mol. The molecule has 1 fully saturated rings. The second kappa shape index (κ2) is 7.85. The van der Waals surface area contributed by atoms with Crippen LogP contribution in [0.25, 0.3) is 10.8 Å². The second-order valence-corrected chi connectivity index (χ2v) is 6.83. The van der Waals surface area contributed by atoms with Crippen molar-refractivity contribution in [1.29, 1.82) is 0 Å². The lowest BCUT2D eigenvalue weighted by molar-refractivity contribution is -0.133. The molecule has 0 radical (unpaired) electrons. The highest BCUT2D eigenvalue weighted by Gasteiger charge is 2.32. The molecular weight excluding hydrogens is 316 g/mol. The maximum absolute atomic E-state index is 12.2. The maximum atomic E-state index is 12.2. The minimum atomic E-state index is -0.630. The number of carbonyl (C=O) groups is 1. The number of benzene rings is 2. The topological polar surface area (TPSA) is 53.0 Å². The van der Waals surface area contributed by atoms with Crippen LogP contribution in [0.2, 0.25) is 0 Å². The van der Waals surface area contributed by atoms with Crippen LogP contribution in [0.5, 0.6) is 5.75 Å². The summed E-state index contributed by atoms with van der Waals surface area (Å²) in [6, 6.07) is 13.8. The van der Waals surface area contributed by atoms with Crippen molar-refractivity contribution in [3.05, 3.63) is 42.5 Å². The molecule has 2 atom stereocenters. The number of carbonyl (C=O) groups excluding carboxylic acids is 1. The van der Waals surface area contributed by atoms with Crippen LogP contribution in [0.15, 0.2) is 42.5 Å². The number of hydrogen-bond acceptors (Lipinski definition) is 4. The first-order chi connectivity index (χ1) is 12.1. The van der Waals surface area contributed by atoms with E-state index in [0.717, 1.165) is 35.9 Å². The van der Waals surface area contributed by atoms with E-state index in [0.29, 0.717) is 6.54 Å². The Bertz CT molecular complexity index is 726. The van der Waals surface area contributed by atoms with E-state index < -0.39 is 6.10 Å². The van der Waals surface area contributed by atoms with Gasteiger partial charge in [-0.15, -0.1) is 0 Å². The van der Waals surface area contributed by atoms with E-state index in [1.54, 1.807) is 19.0 Å². The summed E-state index contributed by atoms with van der Waals surface area (Å²) in [7, 11) is 3.55. The molecule has 3 rings (SSSR count). The van der Waals surface area contributed by atoms with Crippen LogP contribution < -0.4 is 4.74 Å². The van der Waals surface area contributed by atoms with Gasteiger partial charge in [0, 0.05) is 26.0 Å². The first kappa shape index (κ1) is 17.7. The zero-order valence-corrected chi connectivity index (χ0v) is 14.9. The van der Waals surface area contributed by atoms with Crippen molar-refractivity contribution >= 4 is 16.7 Å². The molecule has 2 aromatic rings. The molecule has 1 heterocycles. The van der Waals surface area contributed by atoms with E-state index in [2.05, 4.69) is 4.90 Å². The van der Waals surface area contributed by atoms with Gasteiger partial charge in [0.1, 0.15) is 18.5 Å². The van der Waals surface area contributed by atoms with E-state index in [9.17, 15) is 9.90 Å². The van der Waals surface area contributed by atoms with Crippen LogP contribution in [-0.4, -0.2) is 66.8 Å². The fraction of sp³-hybridized carbons (Fsp3) is 0.450. The number of aliphatic hydroxyl groups is 1. The van der Waals surface area contributed by atoms with Crippen LogP contribution >= 0.6 is 0 Å². The Morgan fingerprint density at radius 2 is 2.04 bits per heavy atom. The molecule has 1 saturated heterocycles. The Hall–Kier alpha value is -2.11. The summed E-state index contributed by atoms with van der Waals surface area (Å²) in [5.74, 6) is 0.888. The number of amides is 1. The van der Waals surface area contributed by atoms with Crippen LogP contribution in [0.3, 0.4) is 0 Å². The molecule has 1 aliphatic heterocycles. The van der Waals surface area contributed by atoms with Crippen molar-refractivity contribution in [3.63, 3.8) is 0 Å². The van der Waals surface area contributed by atoms with Gasteiger partial charge >= 0.3 is 0 Å². The number of fused-ring (bicyclic) bond motifs is 1. The maximum Gasteiger partial charge on any atom is 0.239 e. The summed E-state index contributed by atoms with van der Waals surface area (Å²) in [5, 5.41) is 12.5. The van der Waals surface area contributed by atoms with Gasteiger partial charge in [-0.2, -0.15) is 0 Å². The standard InChI is InChI=1S/C20H26N2O3/c1-21(2)20(24)18-10-6-12-22(18)13-16(23)14-25-19-11-5-8-15-7-3-4-9-17(15)19/h3-5,7-9,11,16,18,23H,6,10,12-14H2,1-2H3. The fourth-order valence-electron chi connectivity index (χ4n) is 3.45. The van der Waals surface area contributed by atoms with Gasteiger partial charge in [-0.25, -0.2) is 0 Å². The van der Waals surface area contributed by atoms with Crippen molar-refractivity contribution < 1.29 is 14.6 Å². The van der Waals surface area contributed by atoms with E-state index in [1.807, 2.05) is 42.5 Å². The SMILES string of the molecule is CN(C)C(=O)C1CCCN1CC(O)COc1cccc2ccccc12. The Morgan fingerprint density at radius 1 is 1.28 bits per heavy atom. The fourth-order valence-corrected chi connectivity index (χ4v) is 3.45. The second-order valence-electron chi connectivity index (χ2n) is 6.83. The molecule has 5 heteroatoms. The molecule has 1 aliphatic rings. The van der Waals surface area contributed by atoms with Crippen LogP contribution in [0.1, 0.15) is 12.8 Å². The van der Waals surface area contributed by atoms with Gasteiger partial charge in [-0.3, -0.25) is 9.69 Å². The third-order valence-electron chi connectivity index (χ3n) is 4.72. The normalized spacial score (nSPS) is 19.1. The number of aliphatic hydroxyl groups excluding tert-OH is 1. The highest BCUT2D eigenvalue weighted by molar-refractivity contribution is 5.88. The lowest BCUT2D eigenvalue weighted by atomic mass is 10.1. The smallest absolute Gasteiger partial charge is 0.239 e. The quantitative estimate of drug-likeness (QED) is 0.874. The van der Waals surface area contributed by atoms with Gasteiger partial charge in [0.2, 0.25) is 5.91 Å². The molecule has 1 amide bonds. The molecule has 0 bridgehead atoms. The third-order valence-corrected chi connectivity index (χ3v) is 4.72. The van der Waals surface area contributed by atoms with Gasteiger partial charge in [-0.05, 0) is 30.8 Å². The largest absolute Gasteiger partial charge is 0.490 e. The van der Waals surface area contributed by atoms with Crippen LogP contribution in [0.4, 0.5) is 0 Å². The molecular formula is C20H26N2O3. The highest BCUT2D eigenvalue weighted by atomic mass is 16.5. The van der Waals surface area contributed by atoms with Gasteiger partial charge in [-0.1, -0.05) is 36.4 Å². The van der Waals surface area contributed by atoms with E-state index in [-0.39, 0.29) is 18.6 Å². The highest BCUT2D eigenvalue weighted by Crippen LogP contribution is 2.25. The van der Waals surface area contributed by atoms with Crippen LogP contribution in [0, 0.1) is 0 Å². The predicted octanol–water partition coefficient (Wildman–Crippen LogP) is 2.13. The summed E-state index contributed by atoms with van der Waals surface area (Å²) in [4.78, 5) is 15.9. The molecule has 1 N–H and O–H groups in total. The number of rotatable bonds is 6. The van der Waals surface area contributed by atoms with Crippen molar-refractivity contribution in [2.45, 2.75) is 25.0 Å². The lowest BCUT2D eigenvalue weighted by Gasteiger charge is -2.27. The third kappa shape index (κ3) is 4.11. The van der Waals surface area contributed by atoms with Crippen molar-refractivity contribution in [2.75, 3.05) is 33.8 Å². The summed E-state index contributed by atoms with van der Waals surface area (Å²) < 4.78 is 5.86. The molecule has 25 heavy (non-hydrogen) atoms. The minimum Gasteiger partial charge on any atom is -0.490 e. The van der Waals surface area contributed by atoms with Crippen molar-refractivity contribution in [2.24, 2.45) is 0 Å². The first-order valence-corrected chi connectivity index (χ1v) is 8.80. The number of ether oxygens (including phenoxy) is 1. The van der Waals surface area contributed by atoms with E-state index >= 15 is 0 Å². The Morgan fingerprint density at radius 3 is 2.84 bits per heavy atom.